The number of halogens is 2. The molecule has 0 amide bonds. The summed E-state index contributed by atoms with van der Waals surface area (Å²) in [5, 5.41) is 21.4. The molecule has 2 aromatic rings. The van der Waals surface area contributed by atoms with Crippen molar-refractivity contribution in [2.24, 2.45) is 0 Å². The Balaban J connectivity index is 2.48. The molecule has 0 aliphatic carbocycles. The standard InChI is InChI=1S/C22H16Cl2O2/c1-3-5-21(25)19-13-17(23)11-9-15(19)7-8-16-10-12-18(24)14-20(16)22(26)6-4-2/h1-2,9-14,21-22,25-26H,5-6H2. The van der Waals surface area contributed by atoms with Crippen LogP contribution in [0.15, 0.2) is 36.4 Å². The van der Waals surface area contributed by atoms with Crippen LogP contribution in [0.5, 0.6) is 0 Å². The normalized spacial score (nSPS) is 12.2. The predicted octanol–water partition coefficient (Wildman–Crippen LogP) is 4.51. The molecule has 2 aromatic carbocycles. The van der Waals surface area contributed by atoms with Gasteiger partial charge < -0.3 is 10.2 Å². The zero-order valence-corrected chi connectivity index (χ0v) is 15.3. The Morgan fingerprint density at radius 1 is 0.769 bits per heavy atom. The summed E-state index contributed by atoms with van der Waals surface area (Å²) in [6.45, 7) is 0. The zero-order valence-electron chi connectivity index (χ0n) is 13.8. The predicted molar refractivity (Wildman–Crippen MR) is 106 cm³/mol. The maximum absolute atomic E-state index is 10.2. The molecular formula is C22H16Cl2O2. The van der Waals surface area contributed by atoms with E-state index in [-0.39, 0.29) is 12.8 Å². The maximum atomic E-state index is 10.2. The molecule has 0 heterocycles. The average Bonchev–Trinajstić information content (AvgIpc) is 2.61. The highest BCUT2D eigenvalue weighted by Crippen LogP contribution is 2.26. The number of aliphatic hydroxyl groups is 2. The van der Waals surface area contributed by atoms with Gasteiger partial charge in [0.1, 0.15) is 0 Å². The van der Waals surface area contributed by atoms with Gasteiger partial charge >= 0.3 is 0 Å². The first-order valence-corrected chi connectivity index (χ1v) is 8.55. The van der Waals surface area contributed by atoms with Crippen molar-refractivity contribution >= 4 is 23.2 Å². The second kappa shape index (κ2) is 9.35. The summed E-state index contributed by atoms with van der Waals surface area (Å²) in [6, 6.07) is 10.1. The van der Waals surface area contributed by atoms with E-state index in [9.17, 15) is 10.2 Å². The number of benzene rings is 2. The lowest BCUT2D eigenvalue weighted by atomic mass is 9.98. The lowest BCUT2D eigenvalue weighted by molar-refractivity contribution is 0.183. The van der Waals surface area contributed by atoms with Gasteiger partial charge in [-0.25, -0.2) is 0 Å². The summed E-state index contributed by atoms with van der Waals surface area (Å²) < 4.78 is 0. The second-order valence-electron chi connectivity index (χ2n) is 5.56. The van der Waals surface area contributed by atoms with Crippen molar-refractivity contribution in [2.45, 2.75) is 25.0 Å². The Morgan fingerprint density at radius 3 is 1.50 bits per heavy atom. The van der Waals surface area contributed by atoms with E-state index >= 15 is 0 Å². The minimum absolute atomic E-state index is 0.155. The molecule has 0 spiro atoms. The average molecular weight is 383 g/mol. The largest absolute Gasteiger partial charge is 0.387 e. The fourth-order valence-corrected chi connectivity index (χ4v) is 2.79. The zero-order chi connectivity index (χ0) is 19.1. The van der Waals surface area contributed by atoms with Crippen LogP contribution in [-0.4, -0.2) is 10.2 Å². The quantitative estimate of drug-likeness (QED) is 0.763. The van der Waals surface area contributed by atoms with Crippen LogP contribution in [0, 0.1) is 36.5 Å². The van der Waals surface area contributed by atoms with Crippen LogP contribution in [0.25, 0.3) is 0 Å². The first kappa shape index (κ1) is 19.9. The Labute approximate surface area is 163 Å². The Morgan fingerprint density at radius 2 is 1.15 bits per heavy atom. The van der Waals surface area contributed by atoms with Gasteiger partial charge in [-0.05, 0) is 47.5 Å². The Bertz CT molecular complexity index is 864. The van der Waals surface area contributed by atoms with Gasteiger partial charge in [-0.1, -0.05) is 35.0 Å². The molecule has 0 saturated carbocycles. The monoisotopic (exact) mass is 382 g/mol. The van der Waals surface area contributed by atoms with Gasteiger partial charge in [0, 0.05) is 34.0 Å². The van der Waals surface area contributed by atoms with Crippen molar-refractivity contribution < 1.29 is 10.2 Å². The molecule has 0 fully saturated rings. The molecular weight excluding hydrogens is 367 g/mol. The van der Waals surface area contributed by atoms with Crippen molar-refractivity contribution in [1.29, 1.82) is 0 Å². The summed E-state index contributed by atoms with van der Waals surface area (Å²) in [7, 11) is 0. The number of rotatable bonds is 4. The molecule has 4 heteroatoms. The van der Waals surface area contributed by atoms with Crippen molar-refractivity contribution in [1.82, 2.24) is 0 Å². The number of hydrogen-bond acceptors (Lipinski definition) is 2. The second-order valence-corrected chi connectivity index (χ2v) is 6.43. The van der Waals surface area contributed by atoms with Crippen LogP contribution >= 0.6 is 23.2 Å². The van der Waals surface area contributed by atoms with Gasteiger partial charge in [-0.15, -0.1) is 24.7 Å². The molecule has 2 N–H and O–H groups in total. The third kappa shape index (κ3) is 5.06. The van der Waals surface area contributed by atoms with Crippen LogP contribution in [0.1, 0.15) is 47.3 Å². The van der Waals surface area contributed by atoms with Gasteiger partial charge in [-0.2, -0.15) is 0 Å². The summed E-state index contributed by atoms with van der Waals surface area (Å²) >= 11 is 12.0. The number of terminal acetylenes is 2. The highest BCUT2D eigenvalue weighted by atomic mass is 35.5. The molecule has 0 radical (unpaired) electrons. The molecule has 0 bridgehead atoms. The molecule has 2 atom stereocenters. The van der Waals surface area contributed by atoms with Crippen LogP contribution in [0.3, 0.4) is 0 Å². The Hall–Kier alpha value is -2.38. The highest BCUT2D eigenvalue weighted by Gasteiger charge is 2.13. The molecule has 130 valence electrons. The van der Waals surface area contributed by atoms with Crippen molar-refractivity contribution in [3.63, 3.8) is 0 Å². The minimum Gasteiger partial charge on any atom is -0.387 e. The molecule has 2 nitrogen and oxygen atoms in total. The van der Waals surface area contributed by atoms with Crippen LogP contribution in [0.4, 0.5) is 0 Å². The van der Waals surface area contributed by atoms with Crippen molar-refractivity contribution in [2.75, 3.05) is 0 Å². The van der Waals surface area contributed by atoms with E-state index in [2.05, 4.69) is 23.7 Å². The molecule has 0 aliphatic rings. The van der Waals surface area contributed by atoms with Crippen molar-refractivity contribution in [3.8, 4) is 36.5 Å². The lowest BCUT2D eigenvalue weighted by Crippen LogP contribution is -2.01. The highest BCUT2D eigenvalue weighted by molar-refractivity contribution is 6.31. The van der Waals surface area contributed by atoms with Crippen molar-refractivity contribution in [3.05, 3.63) is 68.7 Å². The summed E-state index contributed by atoms with van der Waals surface area (Å²) in [5.74, 6) is 10.9. The molecule has 0 aromatic heterocycles. The molecule has 2 rings (SSSR count). The lowest BCUT2D eigenvalue weighted by Gasteiger charge is -2.12. The van der Waals surface area contributed by atoms with Gasteiger partial charge in [0.05, 0.1) is 12.2 Å². The first-order valence-electron chi connectivity index (χ1n) is 7.80. The third-order valence-corrected chi connectivity index (χ3v) is 4.17. The van der Waals surface area contributed by atoms with Crippen LogP contribution in [0.2, 0.25) is 10.0 Å². The molecule has 26 heavy (non-hydrogen) atoms. The van der Waals surface area contributed by atoms with E-state index in [1.165, 1.54) is 0 Å². The maximum Gasteiger partial charge on any atom is 0.0911 e. The van der Waals surface area contributed by atoms with Gasteiger partial charge in [-0.3, -0.25) is 0 Å². The van der Waals surface area contributed by atoms with Crippen LogP contribution in [-0.2, 0) is 0 Å². The topological polar surface area (TPSA) is 40.5 Å². The van der Waals surface area contributed by atoms with E-state index in [1.54, 1.807) is 36.4 Å². The first-order chi connectivity index (χ1) is 12.5. The van der Waals surface area contributed by atoms with E-state index in [4.69, 9.17) is 36.0 Å². The SMILES string of the molecule is C#CCC(O)c1cc(Cl)ccc1C#Cc1ccc(Cl)cc1C(O)CC#C. The summed E-state index contributed by atoms with van der Waals surface area (Å²) in [5.41, 5.74) is 2.32. The number of hydrogen-bond donors (Lipinski definition) is 2. The molecule has 0 aliphatic heterocycles. The van der Waals surface area contributed by atoms with E-state index in [0.717, 1.165) is 0 Å². The molecule has 2 unspecified atom stereocenters. The van der Waals surface area contributed by atoms with Gasteiger partial charge in [0.2, 0.25) is 0 Å². The van der Waals surface area contributed by atoms with Gasteiger partial charge in [0.25, 0.3) is 0 Å². The fraction of sp³-hybridized carbons (Fsp3) is 0.182. The van der Waals surface area contributed by atoms with E-state index in [0.29, 0.717) is 32.3 Å². The summed E-state index contributed by atoms with van der Waals surface area (Å²) in [4.78, 5) is 0. The summed E-state index contributed by atoms with van der Waals surface area (Å²) in [6.07, 6.45) is 9.15. The van der Waals surface area contributed by atoms with E-state index < -0.39 is 12.2 Å². The smallest absolute Gasteiger partial charge is 0.0911 e. The third-order valence-electron chi connectivity index (χ3n) is 3.70. The van der Waals surface area contributed by atoms with Gasteiger partial charge in [0.15, 0.2) is 0 Å². The van der Waals surface area contributed by atoms with E-state index in [1.807, 2.05) is 0 Å². The number of aliphatic hydroxyl groups excluding tert-OH is 2. The molecule has 0 saturated heterocycles. The minimum atomic E-state index is -0.861. The van der Waals surface area contributed by atoms with Crippen LogP contribution < -0.4 is 0 Å². The Kier molecular flexibility index (Phi) is 7.17. The fourth-order valence-electron chi connectivity index (χ4n) is 2.42.